The van der Waals surface area contributed by atoms with Gasteiger partial charge in [0, 0.05) is 18.7 Å². The molecule has 0 unspecified atom stereocenters. The molecule has 0 aromatic heterocycles. The van der Waals surface area contributed by atoms with Crippen LogP contribution in [0, 0.1) is 11.3 Å². The van der Waals surface area contributed by atoms with Gasteiger partial charge in [-0.25, -0.2) is 0 Å². The Kier molecular flexibility index (Phi) is 5.86. The van der Waals surface area contributed by atoms with Gasteiger partial charge in [0.2, 0.25) is 0 Å². The number of hydrogen-bond acceptors (Lipinski definition) is 2. The zero-order valence-corrected chi connectivity index (χ0v) is 13.3. The molecule has 0 aliphatic carbocycles. The van der Waals surface area contributed by atoms with Crippen molar-refractivity contribution in [3.63, 3.8) is 0 Å². The van der Waals surface area contributed by atoms with Crippen LogP contribution in [-0.4, -0.2) is 12.6 Å². The first-order valence-corrected chi connectivity index (χ1v) is 7.28. The molecule has 1 N–H and O–H groups in total. The van der Waals surface area contributed by atoms with Crippen molar-refractivity contribution in [2.45, 2.75) is 54.2 Å². The van der Waals surface area contributed by atoms with E-state index >= 15 is 0 Å². The second-order valence-corrected chi connectivity index (χ2v) is 6.52. The molecule has 0 aliphatic heterocycles. The lowest BCUT2D eigenvalue weighted by atomic mass is 9.81. The number of para-hydroxylation sites is 1. The van der Waals surface area contributed by atoms with Gasteiger partial charge in [-0.15, -0.1) is 0 Å². The van der Waals surface area contributed by atoms with Crippen molar-refractivity contribution in [3.8, 4) is 5.75 Å². The van der Waals surface area contributed by atoms with Crippen molar-refractivity contribution in [2.24, 2.45) is 11.3 Å². The third kappa shape index (κ3) is 5.23. The Balaban J connectivity index is 2.58. The number of rotatable bonds is 7. The Morgan fingerprint density at radius 1 is 1.11 bits per heavy atom. The van der Waals surface area contributed by atoms with Crippen molar-refractivity contribution < 1.29 is 4.74 Å². The van der Waals surface area contributed by atoms with Gasteiger partial charge in [-0.3, -0.25) is 0 Å². The number of hydrogen-bond donors (Lipinski definition) is 1. The van der Waals surface area contributed by atoms with E-state index < -0.39 is 0 Å². The molecule has 19 heavy (non-hydrogen) atoms. The van der Waals surface area contributed by atoms with Crippen LogP contribution in [0.15, 0.2) is 24.3 Å². The summed E-state index contributed by atoms with van der Waals surface area (Å²) in [7, 11) is 0. The Morgan fingerprint density at radius 2 is 1.74 bits per heavy atom. The lowest BCUT2D eigenvalue weighted by molar-refractivity contribution is 0.230. The Labute approximate surface area is 118 Å². The van der Waals surface area contributed by atoms with E-state index in [1.54, 1.807) is 0 Å². The first-order chi connectivity index (χ1) is 8.83. The van der Waals surface area contributed by atoms with Crippen LogP contribution < -0.4 is 10.1 Å². The van der Waals surface area contributed by atoms with Gasteiger partial charge < -0.3 is 10.1 Å². The van der Waals surface area contributed by atoms with Gasteiger partial charge >= 0.3 is 0 Å². The summed E-state index contributed by atoms with van der Waals surface area (Å²) in [5, 5.41) is 3.56. The highest BCUT2D eigenvalue weighted by Crippen LogP contribution is 2.25. The predicted octanol–water partition coefficient (Wildman–Crippen LogP) is 4.25. The fraction of sp³-hybridized carbons (Fsp3) is 0.647. The lowest BCUT2D eigenvalue weighted by Gasteiger charge is -2.29. The molecule has 0 atom stereocenters. The summed E-state index contributed by atoms with van der Waals surface area (Å²) in [6.45, 7) is 15.2. The summed E-state index contributed by atoms with van der Waals surface area (Å²) in [4.78, 5) is 0. The van der Waals surface area contributed by atoms with E-state index in [9.17, 15) is 0 Å². The van der Waals surface area contributed by atoms with Crippen molar-refractivity contribution in [1.29, 1.82) is 0 Å². The zero-order valence-electron chi connectivity index (χ0n) is 13.3. The average molecular weight is 263 g/mol. The predicted molar refractivity (Wildman–Crippen MR) is 82.5 cm³/mol. The molecule has 0 amide bonds. The quantitative estimate of drug-likeness (QED) is 0.794. The van der Waals surface area contributed by atoms with Crippen molar-refractivity contribution >= 4 is 0 Å². The second kappa shape index (κ2) is 6.95. The highest BCUT2D eigenvalue weighted by molar-refractivity contribution is 5.33. The highest BCUT2D eigenvalue weighted by atomic mass is 16.5. The maximum atomic E-state index is 5.84. The SMILES string of the molecule is CC(C)Oc1ccccc1CNCC(C)(C)C(C)C. The summed E-state index contributed by atoms with van der Waals surface area (Å²) < 4.78 is 5.84. The molecule has 1 aromatic rings. The molecule has 1 rings (SSSR count). The van der Waals surface area contributed by atoms with E-state index in [1.165, 1.54) is 5.56 Å². The van der Waals surface area contributed by atoms with E-state index in [0.29, 0.717) is 11.3 Å². The fourth-order valence-corrected chi connectivity index (χ4v) is 1.74. The molecular formula is C17H29NO. The number of benzene rings is 1. The van der Waals surface area contributed by atoms with E-state index in [0.717, 1.165) is 18.8 Å². The van der Waals surface area contributed by atoms with E-state index in [4.69, 9.17) is 4.74 Å². The van der Waals surface area contributed by atoms with Crippen LogP contribution in [0.5, 0.6) is 5.75 Å². The molecule has 0 aliphatic rings. The minimum atomic E-state index is 0.216. The molecule has 108 valence electrons. The van der Waals surface area contributed by atoms with Crippen LogP contribution in [0.1, 0.15) is 47.1 Å². The maximum absolute atomic E-state index is 5.84. The van der Waals surface area contributed by atoms with Crippen LogP contribution in [-0.2, 0) is 6.54 Å². The van der Waals surface area contributed by atoms with Crippen molar-refractivity contribution in [1.82, 2.24) is 5.32 Å². The second-order valence-electron chi connectivity index (χ2n) is 6.52. The summed E-state index contributed by atoms with van der Waals surface area (Å²) in [5.74, 6) is 1.66. The van der Waals surface area contributed by atoms with Crippen LogP contribution in [0.25, 0.3) is 0 Å². The smallest absolute Gasteiger partial charge is 0.124 e. The van der Waals surface area contributed by atoms with E-state index in [1.807, 2.05) is 12.1 Å². The van der Waals surface area contributed by atoms with Crippen molar-refractivity contribution in [2.75, 3.05) is 6.54 Å². The van der Waals surface area contributed by atoms with Crippen LogP contribution in [0.4, 0.5) is 0 Å². The minimum absolute atomic E-state index is 0.216. The topological polar surface area (TPSA) is 21.3 Å². The molecule has 0 spiro atoms. The van der Waals surface area contributed by atoms with E-state index in [-0.39, 0.29) is 6.10 Å². The minimum Gasteiger partial charge on any atom is -0.491 e. The molecule has 0 heterocycles. The molecule has 1 aromatic carbocycles. The Bertz CT molecular complexity index is 383. The number of nitrogens with one attached hydrogen (secondary N) is 1. The summed E-state index contributed by atoms with van der Waals surface area (Å²) in [6, 6.07) is 8.27. The van der Waals surface area contributed by atoms with Gasteiger partial charge in [0.1, 0.15) is 5.75 Å². The third-order valence-corrected chi connectivity index (χ3v) is 3.79. The third-order valence-electron chi connectivity index (χ3n) is 3.79. The first-order valence-electron chi connectivity index (χ1n) is 7.28. The largest absolute Gasteiger partial charge is 0.491 e. The molecule has 2 heteroatoms. The molecule has 0 saturated carbocycles. The Hall–Kier alpha value is -1.02. The summed E-state index contributed by atoms with van der Waals surface area (Å²) >= 11 is 0. The first kappa shape index (κ1) is 16.0. The zero-order chi connectivity index (χ0) is 14.5. The standard InChI is InChI=1S/C17H29NO/c1-13(2)17(5,6)12-18-11-15-9-7-8-10-16(15)19-14(3)4/h7-10,13-14,18H,11-12H2,1-6H3. The fourth-order valence-electron chi connectivity index (χ4n) is 1.74. The normalized spacial score (nSPS) is 12.2. The highest BCUT2D eigenvalue weighted by Gasteiger charge is 2.21. The summed E-state index contributed by atoms with van der Waals surface area (Å²) in [6.07, 6.45) is 0.216. The van der Waals surface area contributed by atoms with Gasteiger partial charge in [0.05, 0.1) is 6.10 Å². The molecule has 0 saturated heterocycles. The van der Waals surface area contributed by atoms with Crippen LogP contribution in [0.3, 0.4) is 0 Å². The molecule has 0 bridgehead atoms. The van der Waals surface area contributed by atoms with Gasteiger partial charge in [-0.1, -0.05) is 45.9 Å². The Morgan fingerprint density at radius 3 is 2.32 bits per heavy atom. The lowest BCUT2D eigenvalue weighted by Crippen LogP contribution is -2.33. The number of ether oxygens (including phenoxy) is 1. The average Bonchev–Trinajstić information content (AvgIpc) is 2.30. The maximum Gasteiger partial charge on any atom is 0.124 e. The molecule has 2 nitrogen and oxygen atoms in total. The summed E-state index contributed by atoms with van der Waals surface area (Å²) in [5.41, 5.74) is 1.55. The molecule has 0 fully saturated rings. The monoisotopic (exact) mass is 263 g/mol. The van der Waals surface area contributed by atoms with Gasteiger partial charge in [-0.2, -0.15) is 0 Å². The van der Waals surface area contributed by atoms with Gasteiger partial charge in [0.25, 0.3) is 0 Å². The van der Waals surface area contributed by atoms with Crippen LogP contribution >= 0.6 is 0 Å². The molecular weight excluding hydrogens is 234 g/mol. The van der Waals surface area contributed by atoms with Crippen LogP contribution in [0.2, 0.25) is 0 Å². The van der Waals surface area contributed by atoms with Gasteiger partial charge in [-0.05, 0) is 31.2 Å². The van der Waals surface area contributed by atoms with Crippen molar-refractivity contribution in [3.05, 3.63) is 29.8 Å². The van der Waals surface area contributed by atoms with Gasteiger partial charge in [0.15, 0.2) is 0 Å². The van der Waals surface area contributed by atoms with E-state index in [2.05, 4.69) is 59.0 Å². The molecule has 0 radical (unpaired) electrons.